The van der Waals surface area contributed by atoms with Crippen LogP contribution in [0.25, 0.3) is 16.7 Å². The molecule has 386 valence electrons. The number of nitrogens with one attached hydrogen (secondary N) is 1. The Hall–Kier alpha value is -6.55. The second-order valence-corrected chi connectivity index (χ2v) is 20.8. The molecule has 4 aromatic carbocycles. The number of fused-ring (bicyclic) bond motifs is 1. The number of phenols is 1. The van der Waals surface area contributed by atoms with Crippen LogP contribution in [0.2, 0.25) is 0 Å². The zero-order valence-corrected chi connectivity index (χ0v) is 42.4. The summed E-state index contributed by atoms with van der Waals surface area (Å²) in [6.45, 7) is -0.773. The molecule has 0 bridgehead atoms. The van der Waals surface area contributed by atoms with E-state index in [0.717, 1.165) is 16.2 Å². The van der Waals surface area contributed by atoms with Gasteiger partial charge >= 0.3 is 19.1 Å². The van der Waals surface area contributed by atoms with Crippen LogP contribution in [-0.4, -0.2) is 106 Å². The number of rotatable bonds is 21. The molecule has 0 spiro atoms. The number of benzene rings is 4. The Morgan fingerprint density at radius 1 is 0.865 bits per heavy atom. The molecule has 0 saturated carbocycles. The SMILES string of the molecule is COc1ccc(C(OCC2OC(n3ccc(=O)[nH]c3=O)C(OC)C2OP(=O)(OCCC#N)OC2CSSCC2OCc2cn(-c3cc4ccc(O)cc4oc3=O)nn2)(c2ccccc2)c2ccc(OC)cc2)cc1. The summed E-state index contributed by atoms with van der Waals surface area (Å²) >= 11 is 0. The summed E-state index contributed by atoms with van der Waals surface area (Å²) in [7, 11) is 2.65. The lowest BCUT2D eigenvalue weighted by Crippen LogP contribution is -2.42. The van der Waals surface area contributed by atoms with Crippen molar-refractivity contribution >= 4 is 40.4 Å². The molecule has 7 atom stereocenters. The number of phosphoric acid groups is 1. The molecular weight excluding hydrogens is 1020 g/mol. The summed E-state index contributed by atoms with van der Waals surface area (Å²) in [5, 5.41) is 28.2. The number of nitrogens with zero attached hydrogens (tertiary/aromatic N) is 5. The van der Waals surface area contributed by atoms with Gasteiger partial charge in [0.1, 0.15) is 58.5 Å². The van der Waals surface area contributed by atoms with E-state index in [1.807, 2.05) is 84.9 Å². The molecular formula is C50H49N6O15PS2. The lowest BCUT2D eigenvalue weighted by Gasteiger charge is -2.37. The Morgan fingerprint density at radius 2 is 1.55 bits per heavy atom. The summed E-state index contributed by atoms with van der Waals surface area (Å²) in [6, 6.07) is 33.3. The second-order valence-electron chi connectivity index (χ2n) is 16.7. The standard InChI is InChI=1S/C50H49N6O15PS2/c1-62-37-16-11-33(12-17-37)50(32-8-5-4-6-9-32,34-13-18-38(63-2)19-14-34)66-28-41-45(46(64-3)47(68-41)55-22-20-44(58)52-49(55)60)71-72(61,67-23-7-21-51)70-43-30-74-73-29-42(43)65-27-35-26-56(54-53-35)39-24-31-10-15-36(57)25-40(31)69-48(39)59/h4-6,8-20,22,24-26,41-43,45-47,57H,7,23,27-30H2,1-3H3,(H,52,58,60). The molecule has 2 aliphatic rings. The van der Waals surface area contributed by atoms with Gasteiger partial charge in [-0.2, -0.15) is 5.26 Å². The van der Waals surface area contributed by atoms with E-state index in [0.29, 0.717) is 39.5 Å². The first kappa shape index (κ1) is 52.3. The molecule has 74 heavy (non-hydrogen) atoms. The minimum absolute atomic E-state index is 0.0559. The van der Waals surface area contributed by atoms with Gasteiger partial charge in [0.25, 0.3) is 5.56 Å². The fourth-order valence-electron chi connectivity index (χ4n) is 8.58. The maximum absolute atomic E-state index is 15.4. The van der Waals surface area contributed by atoms with E-state index in [-0.39, 0.29) is 49.0 Å². The number of ether oxygens (including phenoxy) is 6. The highest BCUT2D eigenvalue weighted by Crippen LogP contribution is 2.56. The van der Waals surface area contributed by atoms with Crippen molar-refractivity contribution in [3.63, 3.8) is 0 Å². The average molecular weight is 1070 g/mol. The van der Waals surface area contributed by atoms with Crippen molar-refractivity contribution in [1.82, 2.24) is 24.5 Å². The fraction of sp³-hybridized carbons (Fsp3) is 0.320. The zero-order chi connectivity index (χ0) is 51.8. The third kappa shape index (κ3) is 11.4. The molecule has 7 unspecified atom stereocenters. The molecule has 0 amide bonds. The van der Waals surface area contributed by atoms with Crippen LogP contribution in [0.4, 0.5) is 0 Å². The van der Waals surface area contributed by atoms with E-state index in [1.165, 1.54) is 57.9 Å². The van der Waals surface area contributed by atoms with Crippen LogP contribution in [0.1, 0.15) is 35.0 Å². The fourth-order valence-corrected chi connectivity index (χ4v) is 12.7. The normalized spacial score (nSPS) is 20.7. The van der Waals surface area contributed by atoms with Crippen molar-refractivity contribution in [2.75, 3.05) is 46.0 Å². The van der Waals surface area contributed by atoms with Gasteiger partial charge < -0.3 is 37.9 Å². The quantitative estimate of drug-likeness (QED) is 0.0251. The lowest BCUT2D eigenvalue weighted by atomic mass is 9.80. The Morgan fingerprint density at radius 3 is 2.22 bits per heavy atom. The molecule has 2 saturated heterocycles. The monoisotopic (exact) mass is 1070 g/mol. The van der Waals surface area contributed by atoms with Crippen molar-refractivity contribution in [3.05, 3.63) is 175 Å². The first-order chi connectivity index (χ1) is 35.9. The summed E-state index contributed by atoms with van der Waals surface area (Å²) in [4.78, 5) is 40.9. The predicted octanol–water partition coefficient (Wildman–Crippen LogP) is 6.66. The van der Waals surface area contributed by atoms with Gasteiger partial charge in [-0.05, 0) is 59.2 Å². The molecule has 0 aliphatic carbocycles. The number of H-pyrrole nitrogens is 1. The summed E-state index contributed by atoms with van der Waals surface area (Å²) in [5.74, 6) is 1.77. The third-order valence-electron chi connectivity index (χ3n) is 12.2. The maximum Gasteiger partial charge on any atom is 0.475 e. The number of hydrogen-bond donors (Lipinski definition) is 2. The Balaban J connectivity index is 1.03. The van der Waals surface area contributed by atoms with Gasteiger partial charge in [0.05, 0.1) is 58.8 Å². The van der Waals surface area contributed by atoms with Gasteiger partial charge in [0.2, 0.25) is 0 Å². The van der Waals surface area contributed by atoms with Crippen LogP contribution in [0.5, 0.6) is 17.2 Å². The first-order valence-corrected chi connectivity index (χ1v) is 26.9. The van der Waals surface area contributed by atoms with Gasteiger partial charge in [0.15, 0.2) is 11.9 Å². The molecule has 5 heterocycles. The molecule has 0 radical (unpaired) electrons. The number of aromatic nitrogens is 5. The van der Waals surface area contributed by atoms with Gasteiger partial charge in [-0.3, -0.25) is 27.9 Å². The van der Waals surface area contributed by atoms with E-state index in [2.05, 4.69) is 15.3 Å². The average Bonchev–Trinajstić information content (AvgIpc) is 4.03. The highest BCUT2D eigenvalue weighted by Gasteiger charge is 2.53. The number of methoxy groups -OCH3 is 3. The van der Waals surface area contributed by atoms with Gasteiger partial charge in [-0.1, -0.05) is 81.4 Å². The Kier molecular flexibility index (Phi) is 16.5. The van der Waals surface area contributed by atoms with Crippen LogP contribution in [0.3, 0.4) is 0 Å². The lowest BCUT2D eigenvalue weighted by molar-refractivity contribution is -0.0979. The third-order valence-corrected chi connectivity index (χ3v) is 16.1. The smallest absolute Gasteiger partial charge is 0.475 e. The molecule has 24 heteroatoms. The van der Waals surface area contributed by atoms with Crippen LogP contribution in [0.15, 0.2) is 140 Å². The minimum Gasteiger partial charge on any atom is -0.508 e. The molecule has 2 N–H and O–H groups in total. The largest absolute Gasteiger partial charge is 0.508 e. The van der Waals surface area contributed by atoms with Crippen molar-refractivity contribution in [3.8, 4) is 29.0 Å². The van der Waals surface area contributed by atoms with Gasteiger partial charge in [-0.15, -0.1) is 5.10 Å². The van der Waals surface area contributed by atoms with Crippen LogP contribution in [-0.2, 0) is 49.3 Å². The van der Waals surface area contributed by atoms with Gasteiger partial charge in [0, 0.05) is 42.3 Å². The zero-order valence-electron chi connectivity index (χ0n) is 39.9. The van der Waals surface area contributed by atoms with Crippen molar-refractivity contribution in [2.45, 2.75) is 55.4 Å². The molecule has 7 aromatic rings. The van der Waals surface area contributed by atoms with Crippen molar-refractivity contribution in [2.24, 2.45) is 0 Å². The molecule has 21 nitrogen and oxygen atoms in total. The highest BCUT2D eigenvalue weighted by atomic mass is 33.1. The maximum atomic E-state index is 15.4. The number of aromatic amines is 1. The summed E-state index contributed by atoms with van der Waals surface area (Å²) in [5.41, 5.74) is -0.813. The Labute approximate surface area is 430 Å². The van der Waals surface area contributed by atoms with E-state index in [4.69, 9.17) is 46.4 Å². The van der Waals surface area contributed by atoms with Crippen molar-refractivity contribution < 1.29 is 56.1 Å². The summed E-state index contributed by atoms with van der Waals surface area (Å²) in [6.07, 6.45) is -4.18. The van der Waals surface area contributed by atoms with Crippen molar-refractivity contribution in [1.29, 1.82) is 5.26 Å². The molecule has 2 aliphatic heterocycles. The molecule has 9 rings (SSSR count). The number of phenolic OH excluding ortho intramolecular Hbond substituents is 1. The topological polar surface area (TPSA) is 260 Å². The highest BCUT2D eigenvalue weighted by molar-refractivity contribution is 8.76. The second kappa shape index (κ2) is 23.3. The number of nitriles is 1. The summed E-state index contributed by atoms with van der Waals surface area (Å²) < 4.78 is 79.3. The number of aromatic hydroxyl groups is 1. The van der Waals surface area contributed by atoms with E-state index in [1.54, 1.807) is 26.4 Å². The number of phosphoric ester groups is 1. The van der Waals surface area contributed by atoms with E-state index < -0.39 is 67.0 Å². The number of hydrogen-bond acceptors (Lipinski definition) is 20. The molecule has 3 aromatic heterocycles. The molecule has 2 fully saturated rings. The minimum atomic E-state index is -4.78. The van der Waals surface area contributed by atoms with Crippen LogP contribution in [0, 0.1) is 11.3 Å². The van der Waals surface area contributed by atoms with Crippen LogP contribution < -0.4 is 26.3 Å². The first-order valence-electron chi connectivity index (χ1n) is 22.9. The Bertz CT molecular complexity index is 3270. The van der Waals surface area contributed by atoms with E-state index >= 15 is 4.57 Å². The van der Waals surface area contributed by atoms with E-state index in [9.17, 15) is 24.8 Å². The van der Waals surface area contributed by atoms with Crippen LogP contribution >= 0.6 is 29.4 Å². The predicted molar refractivity (Wildman–Crippen MR) is 270 cm³/mol. The van der Waals surface area contributed by atoms with Gasteiger partial charge in [-0.25, -0.2) is 18.8 Å².